The molecule has 0 saturated heterocycles. The Morgan fingerprint density at radius 3 is 2.03 bits per heavy atom. The van der Waals surface area contributed by atoms with Crippen LogP contribution in [0.25, 0.3) is 117 Å². The van der Waals surface area contributed by atoms with Gasteiger partial charge in [0, 0.05) is 49.4 Å². The lowest BCUT2D eigenvalue weighted by Gasteiger charge is -2.19. The second-order valence-electron chi connectivity index (χ2n) is 15.5. The van der Waals surface area contributed by atoms with Gasteiger partial charge in [0.05, 0.1) is 0 Å². The molecule has 1 atom stereocenters. The molecule has 4 aromatic heterocycles. The van der Waals surface area contributed by atoms with E-state index in [9.17, 15) is 0 Å². The quantitative estimate of drug-likeness (QED) is 0.178. The molecule has 276 valence electrons. The molecule has 0 bridgehead atoms. The van der Waals surface area contributed by atoms with Crippen molar-refractivity contribution in [3.8, 4) is 33.9 Å². The van der Waals surface area contributed by atoms with Crippen molar-refractivity contribution in [1.82, 2.24) is 15.0 Å². The van der Waals surface area contributed by atoms with Crippen molar-refractivity contribution in [2.45, 2.75) is 12.3 Å². The third-order valence-electron chi connectivity index (χ3n) is 12.0. The van der Waals surface area contributed by atoms with Gasteiger partial charge in [-0.05, 0) is 100 Å². The topological polar surface area (TPSA) is 78.1 Å². The molecule has 6 nitrogen and oxygen atoms in total. The Morgan fingerprint density at radius 2 is 1.12 bits per heavy atom. The predicted molar refractivity (Wildman–Crippen MR) is 237 cm³/mol. The maximum Gasteiger partial charge on any atom is 0.164 e. The fourth-order valence-corrected chi connectivity index (χ4v) is 9.20. The molecule has 0 spiro atoms. The van der Waals surface area contributed by atoms with Crippen LogP contribution >= 0.6 is 0 Å². The van der Waals surface area contributed by atoms with E-state index in [1.807, 2.05) is 48.5 Å². The number of aromatic nitrogens is 3. The number of furan rings is 3. The standard InChI is InChI=1S/C53H31N3O3/c1-2-11-31-24-34(21-20-30(31)10-1)51-54-52(35-22-23-45-40(26-35)38-14-5-7-17-43(38)57-45)56-53(55-51)42-27-36(29-48-50(42)39-15-6-8-18-44(39)58-48)37-16-9-19-46-49(37)41-25-32-12-3-4-13-33(32)28-47(41)59-46/h1-23,25-29,34H,24H2. The Labute approximate surface area is 336 Å². The van der Waals surface area contributed by atoms with E-state index in [4.69, 9.17) is 28.2 Å². The highest BCUT2D eigenvalue weighted by atomic mass is 16.3. The van der Waals surface area contributed by atoms with Gasteiger partial charge < -0.3 is 13.3 Å². The van der Waals surface area contributed by atoms with Crippen LogP contribution in [0.4, 0.5) is 0 Å². The van der Waals surface area contributed by atoms with E-state index in [0.29, 0.717) is 17.5 Å². The van der Waals surface area contributed by atoms with Crippen LogP contribution in [0.1, 0.15) is 22.9 Å². The smallest absolute Gasteiger partial charge is 0.164 e. The zero-order chi connectivity index (χ0) is 38.6. The summed E-state index contributed by atoms with van der Waals surface area (Å²) in [5.74, 6) is 1.85. The van der Waals surface area contributed by atoms with Crippen LogP contribution in [0.3, 0.4) is 0 Å². The Balaban J connectivity index is 1.08. The van der Waals surface area contributed by atoms with Gasteiger partial charge in [0.15, 0.2) is 11.6 Å². The van der Waals surface area contributed by atoms with Gasteiger partial charge in [-0.3, -0.25) is 0 Å². The number of nitrogens with zero attached hydrogens (tertiary/aromatic N) is 3. The van der Waals surface area contributed by atoms with E-state index in [-0.39, 0.29) is 5.92 Å². The van der Waals surface area contributed by atoms with Crippen molar-refractivity contribution < 1.29 is 13.3 Å². The van der Waals surface area contributed by atoms with Gasteiger partial charge in [0.1, 0.15) is 39.3 Å². The molecule has 0 fully saturated rings. The molecule has 1 aliphatic carbocycles. The molecule has 59 heavy (non-hydrogen) atoms. The summed E-state index contributed by atoms with van der Waals surface area (Å²) in [6.45, 7) is 0. The summed E-state index contributed by atoms with van der Waals surface area (Å²) < 4.78 is 19.4. The van der Waals surface area contributed by atoms with E-state index >= 15 is 0 Å². The SMILES string of the molecule is C1=CC(c2nc(-c3ccc4oc5ccccc5c4c3)nc(-c3cc(-c4cccc5oc6cc7ccccc7cc6c45)cc4oc5ccccc5c34)n2)Cc2ccccc21. The predicted octanol–water partition coefficient (Wildman–Crippen LogP) is 14.1. The minimum absolute atomic E-state index is 0.0514. The van der Waals surface area contributed by atoms with Gasteiger partial charge in [-0.25, -0.2) is 15.0 Å². The minimum atomic E-state index is -0.0514. The van der Waals surface area contributed by atoms with Gasteiger partial charge in [0.2, 0.25) is 0 Å². The summed E-state index contributed by atoms with van der Waals surface area (Å²) in [5.41, 5.74) is 11.2. The summed E-state index contributed by atoms with van der Waals surface area (Å²) >= 11 is 0. The zero-order valence-electron chi connectivity index (χ0n) is 31.5. The first-order chi connectivity index (χ1) is 29.2. The van der Waals surface area contributed by atoms with E-state index in [1.165, 1.54) is 11.1 Å². The van der Waals surface area contributed by atoms with Crippen molar-refractivity contribution in [2.75, 3.05) is 0 Å². The van der Waals surface area contributed by atoms with E-state index < -0.39 is 0 Å². The molecule has 0 N–H and O–H groups in total. The molecule has 13 rings (SSSR count). The molecule has 1 aliphatic rings. The van der Waals surface area contributed by atoms with Gasteiger partial charge in [0.25, 0.3) is 0 Å². The van der Waals surface area contributed by atoms with Crippen molar-refractivity contribution in [2.24, 2.45) is 0 Å². The molecule has 0 radical (unpaired) electrons. The lowest BCUT2D eigenvalue weighted by atomic mass is 9.89. The molecular formula is C53H31N3O3. The van der Waals surface area contributed by atoms with Crippen LogP contribution < -0.4 is 0 Å². The van der Waals surface area contributed by atoms with Crippen molar-refractivity contribution in [3.05, 3.63) is 181 Å². The summed E-state index contributed by atoms with van der Waals surface area (Å²) in [4.78, 5) is 16.0. The summed E-state index contributed by atoms with van der Waals surface area (Å²) in [5, 5.41) is 8.47. The first kappa shape index (κ1) is 32.3. The molecule has 6 heteroatoms. The number of allylic oxidation sites excluding steroid dienone is 1. The second kappa shape index (κ2) is 12.3. The highest BCUT2D eigenvalue weighted by Gasteiger charge is 2.25. The number of para-hydroxylation sites is 2. The zero-order valence-corrected chi connectivity index (χ0v) is 31.5. The molecule has 0 amide bonds. The first-order valence-electron chi connectivity index (χ1n) is 19.9. The minimum Gasteiger partial charge on any atom is -0.456 e. The Bertz CT molecular complexity index is 3740. The third-order valence-corrected chi connectivity index (χ3v) is 12.0. The van der Waals surface area contributed by atoms with Crippen LogP contribution in [0, 0.1) is 0 Å². The summed E-state index contributed by atoms with van der Waals surface area (Å²) in [6, 6.07) is 54.5. The average Bonchev–Trinajstić information content (AvgIpc) is 3.98. The first-order valence-corrected chi connectivity index (χ1v) is 19.9. The van der Waals surface area contributed by atoms with Crippen molar-refractivity contribution in [1.29, 1.82) is 0 Å². The van der Waals surface area contributed by atoms with E-state index in [0.717, 1.165) is 105 Å². The number of benzene rings is 8. The van der Waals surface area contributed by atoms with Crippen LogP contribution in [-0.2, 0) is 6.42 Å². The van der Waals surface area contributed by atoms with Gasteiger partial charge in [-0.2, -0.15) is 0 Å². The fraction of sp³-hybridized carbons (Fsp3) is 0.0377. The number of hydrogen-bond donors (Lipinski definition) is 0. The van der Waals surface area contributed by atoms with Crippen LogP contribution in [0.2, 0.25) is 0 Å². The van der Waals surface area contributed by atoms with Crippen LogP contribution in [0.15, 0.2) is 177 Å². The van der Waals surface area contributed by atoms with Crippen LogP contribution in [-0.4, -0.2) is 15.0 Å². The number of fused-ring (bicyclic) bond motifs is 11. The highest BCUT2D eigenvalue weighted by Crippen LogP contribution is 2.44. The molecule has 1 unspecified atom stereocenters. The monoisotopic (exact) mass is 757 g/mol. The average molecular weight is 758 g/mol. The largest absolute Gasteiger partial charge is 0.456 e. The van der Waals surface area contributed by atoms with Gasteiger partial charge in [-0.15, -0.1) is 0 Å². The van der Waals surface area contributed by atoms with E-state index in [1.54, 1.807) is 0 Å². The molecule has 0 saturated carbocycles. The van der Waals surface area contributed by atoms with Gasteiger partial charge >= 0.3 is 0 Å². The maximum atomic E-state index is 6.68. The fourth-order valence-electron chi connectivity index (χ4n) is 9.20. The lowest BCUT2D eigenvalue weighted by molar-refractivity contribution is 0.668. The van der Waals surface area contributed by atoms with E-state index in [2.05, 4.69) is 121 Å². The Kier molecular flexibility index (Phi) is 6.75. The highest BCUT2D eigenvalue weighted by molar-refractivity contribution is 6.18. The van der Waals surface area contributed by atoms with Gasteiger partial charge in [-0.1, -0.05) is 109 Å². The maximum absolute atomic E-state index is 6.68. The summed E-state index contributed by atoms with van der Waals surface area (Å²) in [7, 11) is 0. The Morgan fingerprint density at radius 1 is 0.424 bits per heavy atom. The number of rotatable bonds is 4. The summed E-state index contributed by atoms with van der Waals surface area (Å²) in [6.07, 6.45) is 5.21. The molecule has 4 heterocycles. The molecule has 12 aromatic rings. The van der Waals surface area contributed by atoms with Crippen molar-refractivity contribution >= 4 is 82.7 Å². The molecule has 8 aromatic carbocycles. The van der Waals surface area contributed by atoms with Crippen molar-refractivity contribution in [3.63, 3.8) is 0 Å². The van der Waals surface area contributed by atoms with Crippen LogP contribution in [0.5, 0.6) is 0 Å². The lowest BCUT2D eigenvalue weighted by Crippen LogP contribution is -2.12. The molecule has 0 aliphatic heterocycles. The second-order valence-corrected chi connectivity index (χ2v) is 15.5. The normalized spacial score (nSPS) is 14.1. The molecular weight excluding hydrogens is 727 g/mol. The third kappa shape index (κ3) is 5.03. The Hall–Kier alpha value is -7.83. The number of hydrogen-bond acceptors (Lipinski definition) is 6.